The van der Waals surface area contributed by atoms with Crippen molar-refractivity contribution in [3.8, 4) is 33.9 Å². The van der Waals surface area contributed by atoms with Crippen LogP contribution in [0.1, 0.15) is 0 Å². The van der Waals surface area contributed by atoms with Crippen LogP contribution in [0.4, 0.5) is 68.2 Å². The van der Waals surface area contributed by atoms with Crippen molar-refractivity contribution in [1.29, 1.82) is 0 Å². The molecule has 0 saturated heterocycles. The third-order valence-electron chi connectivity index (χ3n) is 12.7. The summed E-state index contributed by atoms with van der Waals surface area (Å²) in [6, 6.07) is 80.4. The molecule has 10 nitrogen and oxygen atoms in total. The van der Waals surface area contributed by atoms with Crippen LogP contribution in [0.15, 0.2) is 243 Å². The summed E-state index contributed by atoms with van der Waals surface area (Å²) in [7, 11) is 0. The van der Waals surface area contributed by atoms with Gasteiger partial charge in [0.25, 0.3) is 0 Å². The van der Waals surface area contributed by atoms with Gasteiger partial charge in [-0.25, -0.2) is 9.36 Å². The zero-order valence-electron chi connectivity index (χ0n) is 36.6. The van der Waals surface area contributed by atoms with E-state index in [1.54, 1.807) is 0 Å². The number of rotatable bonds is 8. The summed E-state index contributed by atoms with van der Waals surface area (Å²) < 4.78 is 3.68. The first-order chi connectivity index (χ1) is 33.7. The van der Waals surface area contributed by atoms with Gasteiger partial charge in [-0.05, 0) is 109 Å². The average Bonchev–Trinajstić information content (AvgIpc) is 4.12. The number of para-hydroxylation sites is 10. The molecule has 0 atom stereocenters. The number of nitrogens with zero attached hydrogens (tertiary/aromatic N) is 10. The van der Waals surface area contributed by atoms with Gasteiger partial charge in [-0.2, -0.15) is 0 Å². The summed E-state index contributed by atoms with van der Waals surface area (Å²) in [5, 5.41) is 18.4. The largest absolute Gasteiger partial charge is 0.306 e. The van der Waals surface area contributed by atoms with E-state index >= 15 is 0 Å². The van der Waals surface area contributed by atoms with Crippen molar-refractivity contribution < 1.29 is 0 Å². The Hall–Kier alpha value is -9.54. The predicted octanol–water partition coefficient (Wildman–Crippen LogP) is 14.7. The van der Waals surface area contributed by atoms with Gasteiger partial charge in [0.2, 0.25) is 0 Å². The molecular weight excluding hydrogens is 837 g/mol. The summed E-state index contributed by atoms with van der Waals surface area (Å²) in [6.45, 7) is 0. The van der Waals surface area contributed by atoms with E-state index in [4.69, 9.17) is 0 Å². The second-order valence-electron chi connectivity index (χ2n) is 16.7. The minimum atomic E-state index is 0.766. The number of hydrogen-bond donors (Lipinski definition) is 0. The molecule has 0 radical (unpaired) electrons. The van der Waals surface area contributed by atoms with Crippen LogP contribution in [0.5, 0.6) is 0 Å². The summed E-state index contributed by atoms with van der Waals surface area (Å²) in [5.74, 6) is 0. The van der Waals surface area contributed by atoms with Crippen LogP contribution in [0.3, 0.4) is 0 Å². The molecule has 0 spiro atoms. The van der Waals surface area contributed by atoms with E-state index in [1.165, 1.54) is 0 Å². The summed E-state index contributed by atoms with van der Waals surface area (Å²) >= 11 is 0. The Morgan fingerprint density at radius 3 is 0.824 bits per heavy atom. The molecule has 11 aromatic rings. The first kappa shape index (κ1) is 38.9. The Bertz CT molecular complexity index is 3290. The quantitative estimate of drug-likeness (QED) is 0.149. The van der Waals surface area contributed by atoms with E-state index in [9.17, 15) is 0 Å². The monoisotopic (exact) mass is 876 g/mol. The fraction of sp³-hybridized carbons (Fsp3) is 0. The van der Waals surface area contributed by atoms with Crippen molar-refractivity contribution >= 4 is 68.2 Å². The fourth-order valence-electron chi connectivity index (χ4n) is 9.56. The second-order valence-corrected chi connectivity index (χ2v) is 16.7. The molecule has 0 unspecified atom stereocenters. The third-order valence-corrected chi connectivity index (χ3v) is 12.7. The van der Waals surface area contributed by atoms with Gasteiger partial charge in [0.05, 0.1) is 69.3 Å². The molecule has 9 aromatic carbocycles. The van der Waals surface area contributed by atoms with Crippen LogP contribution in [0, 0.1) is 0 Å². The Morgan fingerprint density at radius 1 is 0.235 bits per heavy atom. The first-order valence-corrected chi connectivity index (χ1v) is 22.6. The number of anilines is 12. The van der Waals surface area contributed by atoms with Gasteiger partial charge in [-0.3, -0.25) is 0 Å². The molecular formula is C58H40N10. The lowest BCUT2D eigenvalue weighted by Crippen LogP contribution is -2.23. The molecule has 2 aliphatic rings. The van der Waals surface area contributed by atoms with Gasteiger partial charge in [0.15, 0.2) is 0 Å². The van der Waals surface area contributed by atoms with Gasteiger partial charge < -0.3 is 19.6 Å². The minimum Gasteiger partial charge on any atom is -0.306 e. The van der Waals surface area contributed by atoms with Crippen LogP contribution in [-0.4, -0.2) is 30.0 Å². The average molecular weight is 877 g/mol. The highest BCUT2D eigenvalue weighted by molar-refractivity contribution is 6.03. The normalized spacial score (nSPS) is 12.6. The standard InChI is InChI=1S/C58H40N10/c1-3-17-43(18-4-1)65-51-25-7-11-29-55(51)67(56-30-12-8-26-52(56)65)47-23-15-21-45(37-47)63-39-49(59-61-63)41-33-35-42(36-34-41)50-40-64(62-60-50)46-22-16-24-48(38-46)68-57-31-13-9-27-53(57)66(44-19-5-2-6-20-44)54-28-10-14-32-58(54)68/h1-40H. The molecule has 68 heavy (non-hydrogen) atoms. The van der Waals surface area contributed by atoms with Gasteiger partial charge in [-0.1, -0.05) is 132 Å². The molecule has 2 aromatic heterocycles. The lowest BCUT2D eigenvalue weighted by Gasteiger charge is -2.40. The Kier molecular flexibility index (Phi) is 9.24. The highest BCUT2D eigenvalue weighted by Gasteiger charge is 2.32. The zero-order valence-corrected chi connectivity index (χ0v) is 36.6. The number of aromatic nitrogens is 6. The third kappa shape index (κ3) is 6.58. The van der Waals surface area contributed by atoms with Gasteiger partial charge >= 0.3 is 0 Å². The highest BCUT2D eigenvalue weighted by Crippen LogP contribution is 2.55. The van der Waals surface area contributed by atoms with Crippen molar-refractivity contribution in [2.75, 3.05) is 19.6 Å². The van der Waals surface area contributed by atoms with Crippen molar-refractivity contribution in [2.45, 2.75) is 0 Å². The number of fused-ring (bicyclic) bond motifs is 4. The molecule has 0 saturated carbocycles. The smallest absolute Gasteiger partial charge is 0.113 e. The molecule has 0 amide bonds. The molecule has 10 heteroatoms. The van der Waals surface area contributed by atoms with Crippen molar-refractivity contribution in [3.05, 3.63) is 243 Å². The van der Waals surface area contributed by atoms with E-state index in [0.717, 1.165) is 102 Å². The van der Waals surface area contributed by atoms with Crippen molar-refractivity contribution in [3.63, 3.8) is 0 Å². The SMILES string of the molecule is c1ccc(N2c3ccccc3N(c3cccc(-n4cc(-c5ccc(-c6cn(-c7cccc(N8c9ccccc9N(c9ccccc9)c9ccccc98)c7)nn6)cc5)nn4)c3)c3ccccc32)cc1. The van der Waals surface area contributed by atoms with Crippen LogP contribution >= 0.6 is 0 Å². The molecule has 0 N–H and O–H groups in total. The zero-order chi connectivity index (χ0) is 45.0. The molecule has 322 valence electrons. The maximum atomic E-state index is 4.62. The van der Waals surface area contributed by atoms with Crippen LogP contribution in [0.2, 0.25) is 0 Å². The Balaban J connectivity index is 0.763. The van der Waals surface area contributed by atoms with E-state index in [0.29, 0.717) is 0 Å². The summed E-state index contributed by atoms with van der Waals surface area (Å²) in [5.41, 5.74) is 18.3. The number of hydrogen-bond acceptors (Lipinski definition) is 8. The molecule has 13 rings (SSSR count). The molecule has 4 heterocycles. The maximum Gasteiger partial charge on any atom is 0.113 e. The number of benzene rings is 9. The van der Waals surface area contributed by atoms with Gasteiger partial charge in [0, 0.05) is 33.9 Å². The second kappa shape index (κ2) is 16.2. The Morgan fingerprint density at radius 2 is 0.500 bits per heavy atom. The van der Waals surface area contributed by atoms with Crippen LogP contribution in [-0.2, 0) is 0 Å². The van der Waals surface area contributed by atoms with E-state index in [-0.39, 0.29) is 0 Å². The fourth-order valence-corrected chi connectivity index (χ4v) is 9.56. The van der Waals surface area contributed by atoms with Crippen LogP contribution < -0.4 is 19.6 Å². The molecule has 0 fully saturated rings. The predicted molar refractivity (Wildman–Crippen MR) is 273 cm³/mol. The van der Waals surface area contributed by atoms with Crippen molar-refractivity contribution in [1.82, 2.24) is 30.0 Å². The summed E-state index contributed by atoms with van der Waals surface area (Å²) in [6.07, 6.45) is 3.95. The van der Waals surface area contributed by atoms with Crippen LogP contribution in [0.25, 0.3) is 33.9 Å². The van der Waals surface area contributed by atoms with Crippen molar-refractivity contribution in [2.24, 2.45) is 0 Å². The molecule has 2 aliphatic heterocycles. The van der Waals surface area contributed by atoms with E-state index < -0.39 is 0 Å². The lowest BCUT2D eigenvalue weighted by molar-refractivity contribution is 0.803. The lowest BCUT2D eigenvalue weighted by atomic mass is 10.0. The maximum absolute atomic E-state index is 4.62. The van der Waals surface area contributed by atoms with Gasteiger partial charge in [0.1, 0.15) is 11.4 Å². The minimum absolute atomic E-state index is 0.766. The van der Waals surface area contributed by atoms with Gasteiger partial charge in [-0.15, -0.1) is 10.2 Å². The summed E-state index contributed by atoms with van der Waals surface area (Å²) in [4.78, 5) is 9.30. The topological polar surface area (TPSA) is 74.4 Å². The molecule has 0 aliphatic carbocycles. The van der Waals surface area contributed by atoms with E-state index in [1.807, 2.05) is 21.8 Å². The van der Waals surface area contributed by atoms with E-state index in [2.05, 4.69) is 271 Å². The first-order valence-electron chi connectivity index (χ1n) is 22.6. The Labute approximate surface area is 393 Å². The highest BCUT2D eigenvalue weighted by atomic mass is 15.4. The molecule has 0 bridgehead atoms.